The van der Waals surface area contributed by atoms with Crippen molar-refractivity contribution in [1.29, 1.82) is 0 Å². The molecule has 0 aromatic carbocycles. The molecule has 0 aliphatic rings. The highest BCUT2D eigenvalue weighted by molar-refractivity contribution is 4.32. The van der Waals surface area contributed by atoms with Crippen molar-refractivity contribution in [3.8, 4) is 0 Å². The Labute approximate surface area is 89.1 Å². The molecule has 0 unspecified atom stereocenters. The molecule has 0 fully saturated rings. The van der Waals surface area contributed by atoms with E-state index in [0.29, 0.717) is 0 Å². The normalized spacial score (nSPS) is 6.92. The van der Waals surface area contributed by atoms with Crippen molar-refractivity contribution in [2.45, 2.75) is 76.7 Å². The average Bonchev–Trinajstić information content (AvgIpc) is 1.91. The smallest absolute Gasteiger partial charge is 0.0474 e. The fourth-order valence-electron chi connectivity index (χ4n) is 0. The quantitative estimate of drug-likeness (QED) is 0.477. The minimum absolute atomic E-state index is 0. The van der Waals surface area contributed by atoms with Crippen LogP contribution in [0.2, 0.25) is 0 Å². The van der Waals surface area contributed by atoms with E-state index in [9.17, 15) is 0 Å². The molecule has 0 heterocycles. The van der Waals surface area contributed by atoms with Gasteiger partial charge in [0, 0.05) is 0 Å². The zero-order valence-corrected chi connectivity index (χ0v) is 9.86. The molecule has 0 saturated carbocycles. The highest BCUT2D eigenvalue weighted by Gasteiger charge is 1.80. The molecule has 0 rings (SSSR count). The largest absolute Gasteiger partial charge is 0.0776 e. The molecule has 13 heavy (non-hydrogen) atoms. The molecule has 0 aliphatic carbocycles. The second kappa shape index (κ2) is 29.6. The summed E-state index contributed by atoms with van der Waals surface area (Å²) in [6, 6.07) is 0. The van der Waals surface area contributed by atoms with E-state index in [1.165, 1.54) is 6.42 Å². The van der Waals surface area contributed by atoms with E-state index in [1.807, 2.05) is 13.8 Å². The lowest BCUT2D eigenvalue weighted by molar-refractivity contribution is 0.626. The van der Waals surface area contributed by atoms with Crippen LogP contribution in [0.4, 0.5) is 0 Å². The van der Waals surface area contributed by atoms with Crippen LogP contribution in [0, 0.1) is 11.8 Å². The Balaban J connectivity index is -0.0000000246. The number of hydrogen-bond acceptors (Lipinski definition) is 0. The zero-order chi connectivity index (χ0) is 9.86. The first-order valence-corrected chi connectivity index (χ1v) is 5.00. The van der Waals surface area contributed by atoms with Gasteiger partial charge in [0.25, 0.3) is 0 Å². The maximum absolute atomic E-state index is 2.22. The molecule has 0 aromatic heterocycles. The monoisotopic (exact) mass is 192 g/mol. The second-order valence-corrected chi connectivity index (χ2v) is 3.53. The zero-order valence-electron chi connectivity index (χ0n) is 9.86. The summed E-state index contributed by atoms with van der Waals surface area (Å²) in [6.45, 7) is 17.1. The van der Waals surface area contributed by atoms with Gasteiger partial charge >= 0.3 is 0 Å². The predicted molar refractivity (Wildman–Crippen MR) is 70.5 cm³/mol. The van der Waals surface area contributed by atoms with Gasteiger partial charge in [0.2, 0.25) is 0 Å². The predicted octanol–water partition coefficient (Wildman–Crippen LogP) is 6.01. The molecule has 0 amide bonds. The van der Waals surface area contributed by atoms with Gasteiger partial charge in [-0.3, -0.25) is 0 Å². The molecule has 0 nitrogen and oxygen atoms in total. The van der Waals surface area contributed by atoms with E-state index >= 15 is 0 Å². The molecule has 0 heteroatoms. The van der Waals surface area contributed by atoms with Gasteiger partial charge in [-0.25, -0.2) is 0 Å². The van der Waals surface area contributed by atoms with E-state index < -0.39 is 0 Å². The van der Waals surface area contributed by atoms with Crippen LogP contribution in [-0.2, 0) is 0 Å². The third-order valence-electron chi connectivity index (χ3n) is 0.816. The molecular formula is C13H36. The standard InChI is InChI=1S/C5H12.C4H10.C2H6.2CH4/c1-4-5(2)3;1-4(2)3;1-2;;/h5H,4H2,1-3H3;4H,1-3H3;1-2H3;2*1H4. The lowest BCUT2D eigenvalue weighted by atomic mass is 10.2. The number of rotatable bonds is 1. The Kier molecular flexibility index (Phi) is 66.7. The first-order valence-electron chi connectivity index (χ1n) is 5.00. The van der Waals surface area contributed by atoms with Crippen molar-refractivity contribution in [1.82, 2.24) is 0 Å². The lowest BCUT2D eigenvalue weighted by Crippen LogP contribution is -1.77. The van der Waals surface area contributed by atoms with Gasteiger partial charge in [-0.2, -0.15) is 0 Å². The Morgan fingerprint density at radius 1 is 0.769 bits per heavy atom. The third-order valence-corrected chi connectivity index (χ3v) is 0.816. The third kappa shape index (κ3) is 300. The van der Waals surface area contributed by atoms with Gasteiger partial charge in [-0.1, -0.05) is 76.7 Å². The lowest BCUT2D eigenvalue weighted by Gasteiger charge is -1.90. The van der Waals surface area contributed by atoms with E-state index in [0.717, 1.165) is 11.8 Å². The van der Waals surface area contributed by atoms with Crippen molar-refractivity contribution < 1.29 is 0 Å². The molecule has 88 valence electrons. The molecule has 0 aliphatic heterocycles. The Hall–Kier alpha value is 0. The molecule has 0 saturated heterocycles. The van der Waals surface area contributed by atoms with Crippen LogP contribution in [-0.4, -0.2) is 0 Å². The summed E-state index contributed by atoms with van der Waals surface area (Å²) in [5.74, 6) is 1.72. The maximum atomic E-state index is 2.22. The Morgan fingerprint density at radius 2 is 0.846 bits per heavy atom. The summed E-state index contributed by atoms with van der Waals surface area (Å²) in [7, 11) is 0. The van der Waals surface area contributed by atoms with Gasteiger partial charge in [0.05, 0.1) is 0 Å². The average molecular weight is 192 g/mol. The molecule has 0 aromatic rings. The molecule has 0 bridgehead atoms. The molecule has 0 atom stereocenters. The van der Waals surface area contributed by atoms with Crippen molar-refractivity contribution in [3.63, 3.8) is 0 Å². The minimum atomic E-state index is 0. The summed E-state index contributed by atoms with van der Waals surface area (Å²) >= 11 is 0. The number of hydrogen-bond donors (Lipinski definition) is 0. The Morgan fingerprint density at radius 3 is 0.846 bits per heavy atom. The van der Waals surface area contributed by atoms with Gasteiger partial charge in [0.1, 0.15) is 0 Å². The second-order valence-electron chi connectivity index (χ2n) is 3.53. The molecule has 0 radical (unpaired) electrons. The summed E-state index contributed by atoms with van der Waals surface area (Å²) < 4.78 is 0. The molecule has 0 spiro atoms. The van der Waals surface area contributed by atoms with Crippen LogP contribution in [0.5, 0.6) is 0 Å². The first-order chi connectivity index (χ1) is 5.00. The fraction of sp³-hybridized carbons (Fsp3) is 1.00. The van der Waals surface area contributed by atoms with E-state index in [-0.39, 0.29) is 14.9 Å². The van der Waals surface area contributed by atoms with Crippen LogP contribution in [0.25, 0.3) is 0 Å². The van der Waals surface area contributed by atoms with E-state index in [4.69, 9.17) is 0 Å². The van der Waals surface area contributed by atoms with Crippen molar-refractivity contribution in [3.05, 3.63) is 0 Å². The van der Waals surface area contributed by atoms with Crippen LogP contribution in [0.3, 0.4) is 0 Å². The van der Waals surface area contributed by atoms with Crippen LogP contribution >= 0.6 is 0 Å². The first kappa shape index (κ1) is 29.2. The summed E-state index contributed by atoms with van der Waals surface area (Å²) in [4.78, 5) is 0. The van der Waals surface area contributed by atoms with Gasteiger partial charge in [-0.05, 0) is 11.8 Å². The van der Waals surface area contributed by atoms with Gasteiger partial charge in [-0.15, -0.1) is 0 Å². The van der Waals surface area contributed by atoms with Gasteiger partial charge in [0.15, 0.2) is 0 Å². The highest BCUT2D eigenvalue weighted by atomic mass is 13.9. The minimum Gasteiger partial charge on any atom is -0.0776 e. The van der Waals surface area contributed by atoms with Crippen molar-refractivity contribution >= 4 is 0 Å². The topological polar surface area (TPSA) is 0 Å². The SMILES string of the molecule is C.C.CC.CC(C)C.CCC(C)C. The Bertz CT molecular complexity index is 32.5. The van der Waals surface area contributed by atoms with Crippen LogP contribution < -0.4 is 0 Å². The summed E-state index contributed by atoms with van der Waals surface area (Å²) in [5, 5.41) is 0. The van der Waals surface area contributed by atoms with E-state index in [1.54, 1.807) is 0 Å². The molecular weight excluding hydrogens is 156 g/mol. The van der Waals surface area contributed by atoms with Crippen LogP contribution in [0.1, 0.15) is 76.7 Å². The van der Waals surface area contributed by atoms with Crippen LogP contribution in [0.15, 0.2) is 0 Å². The molecule has 0 N–H and O–H groups in total. The van der Waals surface area contributed by atoms with Gasteiger partial charge < -0.3 is 0 Å². The highest BCUT2D eigenvalue weighted by Crippen LogP contribution is 1.93. The maximum Gasteiger partial charge on any atom is -0.0474 e. The fourth-order valence-corrected chi connectivity index (χ4v) is 0. The summed E-state index contributed by atoms with van der Waals surface area (Å²) in [6.07, 6.45) is 1.31. The van der Waals surface area contributed by atoms with Crippen molar-refractivity contribution in [2.24, 2.45) is 11.8 Å². The van der Waals surface area contributed by atoms with Crippen molar-refractivity contribution in [2.75, 3.05) is 0 Å². The summed E-state index contributed by atoms with van der Waals surface area (Å²) in [5.41, 5.74) is 0. The van der Waals surface area contributed by atoms with E-state index in [2.05, 4.69) is 41.5 Å².